The summed E-state index contributed by atoms with van der Waals surface area (Å²) in [7, 11) is -3.77. The number of sulfonamides is 1. The molecule has 3 aromatic rings. The van der Waals surface area contributed by atoms with Gasteiger partial charge in [0.1, 0.15) is 16.9 Å². The van der Waals surface area contributed by atoms with Gasteiger partial charge in [-0.05, 0) is 48.7 Å². The van der Waals surface area contributed by atoms with E-state index >= 15 is 0 Å². The fourth-order valence-electron chi connectivity index (χ4n) is 3.21. The van der Waals surface area contributed by atoms with Crippen LogP contribution in [0.1, 0.15) is 31.2 Å². The lowest BCUT2D eigenvalue weighted by Gasteiger charge is -2.12. The summed E-state index contributed by atoms with van der Waals surface area (Å²) in [5.41, 5.74) is 2.87. The second-order valence-electron chi connectivity index (χ2n) is 7.17. The number of benzene rings is 2. The molecule has 0 aliphatic carbocycles. The summed E-state index contributed by atoms with van der Waals surface area (Å²) >= 11 is 1.14. The molecule has 1 aliphatic heterocycles. The Balaban J connectivity index is 1.38. The molecular formula is C20H22N6O3S2. The number of aliphatic imine (C=N–C) groups is 1. The number of hydrogen-bond donors (Lipinski definition) is 3. The van der Waals surface area contributed by atoms with E-state index in [-0.39, 0.29) is 4.90 Å². The summed E-state index contributed by atoms with van der Waals surface area (Å²) in [6.45, 7) is 0.935. The smallest absolute Gasteiger partial charge is 0.319 e. The lowest BCUT2D eigenvalue weighted by Crippen LogP contribution is -2.31. The van der Waals surface area contributed by atoms with Crippen LogP contribution in [-0.4, -0.2) is 35.6 Å². The van der Waals surface area contributed by atoms with Gasteiger partial charge < -0.3 is 10.6 Å². The summed E-state index contributed by atoms with van der Waals surface area (Å²) in [4.78, 5) is 16.7. The highest BCUT2D eigenvalue weighted by Gasteiger charge is 2.18. The van der Waals surface area contributed by atoms with Crippen LogP contribution in [0.2, 0.25) is 0 Å². The minimum absolute atomic E-state index is 0.0683. The number of nitrogens with one attached hydrogen (secondary N) is 3. The maximum Gasteiger partial charge on any atom is 0.319 e. The number of anilines is 1. The molecule has 1 aliphatic rings. The molecule has 0 atom stereocenters. The van der Waals surface area contributed by atoms with Crippen molar-refractivity contribution in [3.8, 4) is 0 Å². The van der Waals surface area contributed by atoms with Crippen LogP contribution in [0.15, 0.2) is 52.4 Å². The molecule has 2 amide bonds. The Labute approximate surface area is 184 Å². The van der Waals surface area contributed by atoms with Crippen LogP contribution in [0.4, 0.5) is 10.5 Å². The van der Waals surface area contributed by atoms with Gasteiger partial charge in [-0.3, -0.25) is 9.71 Å². The van der Waals surface area contributed by atoms with E-state index in [2.05, 4.69) is 29.1 Å². The molecule has 2 aromatic carbocycles. The Morgan fingerprint density at radius 3 is 2.81 bits per heavy atom. The van der Waals surface area contributed by atoms with Gasteiger partial charge in [0.2, 0.25) is 0 Å². The first-order chi connectivity index (χ1) is 15.0. The third kappa shape index (κ3) is 5.56. The Kier molecular flexibility index (Phi) is 6.42. The maximum absolute atomic E-state index is 12.7. The lowest BCUT2D eigenvalue weighted by atomic mass is 10.2. The van der Waals surface area contributed by atoms with Crippen LogP contribution >= 0.6 is 11.7 Å². The maximum atomic E-state index is 12.7. The molecule has 0 saturated carbocycles. The first kappa shape index (κ1) is 21.2. The Morgan fingerprint density at radius 2 is 1.90 bits per heavy atom. The first-order valence-electron chi connectivity index (χ1n) is 9.92. The molecule has 0 spiro atoms. The lowest BCUT2D eigenvalue weighted by molar-refractivity contribution is 0.251. The number of urea groups is 1. The zero-order chi connectivity index (χ0) is 21.7. The zero-order valence-electron chi connectivity index (χ0n) is 16.7. The monoisotopic (exact) mass is 458 g/mol. The van der Waals surface area contributed by atoms with Gasteiger partial charge in [-0.1, -0.05) is 18.6 Å². The van der Waals surface area contributed by atoms with E-state index < -0.39 is 16.1 Å². The van der Waals surface area contributed by atoms with Crippen LogP contribution in [0.5, 0.6) is 0 Å². The zero-order valence-corrected chi connectivity index (χ0v) is 18.3. The molecule has 3 N–H and O–H groups in total. The predicted octanol–water partition coefficient (Wildman–Crippen LogP) is 3.26. The Bertz CT molecular complexity index is 1220. The summed E-state index contributed by atoms with van der Waals surface area (Å²) in [6.07, 6.45) is 3.53. The minimum Gasteiger partial charge on any atom is -0.334 e. The molecule has 11 heteroatoms. The molecule has 0 fully saturated rings. The topological polar surface area (TPSA) is 125 Å². The van der Waals surface area contributed by atoms with Crippen molar-refractivity contribution in [2.45, 2.75) is 37.1 Å². The summed E-state index contributed by atoms with van der Waals surface area (Å²) in [6, 6.07) is 11.3. The number of hydrogen-bond acceptors (Lipinski definition) is 7. The average molecular weight is 459 g/mol. The molecule has 0 unspecified atom stereocenters. The summed E-state index contributed by atoms with van der Waals surface area (Å²) in [5.74, 6) is 0.487. The van der Waals surface area contributed by atoms with Gasteiger partial charge in [0.25, 0.3) is 10.0 Å². The normalized spacial score (nSPS) is 14.5. The highest BCUT2D eigenvalue weighted by Crippen LogP contribution is 2.17. The van der Waals surface area contributed by atoms with E-state index in [0.29, 0.717) is 31.0 Å². The molecule has 31 heavy (non-hydrogen) atoms. The van der Waals surface area contributed by atoms with Crippen LogP contribution in [0.3, 0.4) is 0 Å². The van der Waals surface area contributed by atoms with Gasteiger partial charge in [-0.25, -0.2) is 13.2 Å². The number of carbonyl (C=O) groups excluding carboxylic acids is 1. The van der Waals surface area contributed by atoms with Gasteiger partial charge >= 0.3 is 6.03 Å². The van der Waals surface area contributed by atoms with Crippen molar-refractivity contribution in [1.82, 2.24) is 18.8 Å². The van der Waals surface area contributed by atoms with Gasteiger partial charge in [-0.15, -0.1) is 0 Å². The van der Waals surface area contributed by atoms with Crippen molar-refractivity contribution in [3.05, 3.63) is 48.0 Å². The molecular weight excluding hydrogens is 436 g/mol. The minimum atomic E-state index is -3.77. The van der Waals surface area contributed by atoms with Crippen molar-refractivity contribution < 1.29 is 13.2 Å². The van der Waals surface area contributed by atoms with Crippen LogP contribution < -0.4 is 15.4 Å². The Hall–Kier alpha value is -3.05. The van der Waals surface area contributed by atoms with Crippen molar-refractivity contribution in [1.29, 1.82) is 0 Å². The van der Waals surface area contributed by atoms with Crippen LogP contribution in [0.25, 0.3) is 11.0 Å². The molecule has 4 rings (SSSR count). The van der Waals surface area contributed by atoms with E-state index in [9.17, 15) is 13.2 Å². The molecule has 1 aromatic heterocycles. The van der Waals surface area contributed by atoms with E-state index in [1.165, 1.54) is 12.1 Å². The van der Waals surface area contributed by atoms with Gasteiger partial charge in [-0.2, -0.15) is 8.75 Å². The summed E-state index contributed by atoms with van der Waals surface area (Å²) in [5, 5.41) is 5.43. The highest BCUT2D eigenvalue weighted by atomic mass is 32.2. The van der Waals surface area contributed by atoms with Crippen molar-refractivity contribution in [3.63, 3.8) is 0 Å². The predicted molar refractivity (Wildman–Crippen MR) is 121 cm³/mol. The number of amidine groups is 1. The SMILES string of the molecule is O=C(NCc1ccc2nsnc2c1)Nc1cccc(S(=O)(=O)NC2=NCCCCC2)c1. The van der Waals surface area contributed by atoms with E-state index in [0.717, 1.165) is 47.6 Å². The number of fused-ring (bicyclic) bond motifs is 1. The Morgan fingerprint density at radius 1 is 1.03 bits per heavy atom. The van der Waals surface area contributed by atoms with E-state index in [1.54, 1.807) is 12.1 Å². The van der Waals surface area contributed by atoms with Gasteiger partial charge in [0.05, 0.1) is 16.6 Å². The third-order valence-corrected chi connectivity index (χ3v) is 6.74. The van der Waals surface area contributed by atoms with Crippen molar-refractivity contribution >= 4 is 50.3 Å². The highest BCUT2D eigenvalue weighted by molar-refractivity contribution is 7.90. The third-order valence-electron chi connectivity index (χ3n) is 4.80. The number of nitrogens with zero attached hydrogens (tertiary/aromatic N) is 3. The van der Waals surface area contributed by atoms with Crippen LogP contribution in [-0.2, 0) is 16.6 Å². The van der Waals surface area contributed by atoms with Crippen molar-refractivity contribution in [2.24, 2.45) is 4.99 Å². The number of amides is 2. The molecule has 162 valence electrons. The summed E-state index contributed by atoms with van der Waals surface area (Å²) < 4.78 is 36.3. The molecule has 2 heterocycles. The first-order valence-corrected chi connectivity index (χ1v) is 12.1. The quantitative estimate of drug-likeness (QED) is 0.541. The number of carbonyl (C=O) groups is 1. The standard InChI is InChI=1S/C20H22N6O3S2/c27-20(22-13-14-8-9-17-18(11-14)25-30-24-17)23-15-5-4-6-16(12-15)31(28,29)26-19-7-2-1-3-10-21-19/h4-6,8-9,11-12H,1-3,7,10,13H2,(H,21,26)(H2,22,23,27). The number of aromatic nitrogens is 2. The molecule has 0 radical (unpaired) electrons. The second-order valence-corrected chi connectivity index (χ2v) is 9.38. The molecule has 0 bridgehead atoms. The van der Waals surface area contributed by atoms with E-state index in [4.69, 9.17) is 0 Å². The van der Waals surface area contributed by atoms with Gasteiger partial charge in [0, 0.05) is 25.2 Å². The molecule has 9 nitrogen and oxygen atoms in total. The van der Waals surface area contributed by atoms with E-state index in [1.807, 2.05) is 18.2 Å². The second kappa shape index (κ2) is 9.40. The van der Waals surface area contributed by atoms with Crippen LogP contribution in [0, 0.1) is 0 Å². The average Bonchev–Trinajstić information content (AvgIpc) is 3.08. The molecule has 0 saturated heterocycles. The number of rotatable bonds is 5. The fraction of sp³-hybridized carbons (Fsp3) is 0.300. The van der Waals surface area contributed by atoms with Gasteiger partial charge in [0.15, 0.2) is 0 Å². The largest absolute Gasteiger partial charge is 0.334 e. The fourth-order valence-corrected chi connectivity index (χ4v) is 4.86. The van der Waals surface area contributed by atoms with Crippen molar-refractivity contribution in [2.75, 3.05) is 11.9 Å².